The molecular formula is C35H42F2N4O. The molecule has 0 spiro atoms. The fraction of sp³-hybridized carbons (Fsp3) is 0.343. The molecule has 5 nitrogen and oxygen atoms in total. The first-order valence-electron chi connectivity index (χ1n) is 14.4. The van der Waals surface area contributed by atoms with Crippen LogP contribution in [0.1, 0.15) is 66.7 Å². The molecule has 0 saturated heterocycles. The average Bonchev–Trinajstić information content (AvgIpc) is 3.32. The normalized spacial score (nSPS) is 10.6. The van der Waals surface area contributed by atoms with E-state index in [1.807, 2.05) is 32.9 Å². The van der Waals surface area contributed by atoms with Crippen LogP contribution in [0, 0.1) is 45.2 Å². The van der Waals surface area contributed by atoms with Crippen molar-refractivity contribution in [1.82, 2.24) is 19.9 Å². The van der Waals surface area contributed by atoms with E-state index in [4.69, 9.17) is 4.74 Å². The number of hydrogen-bond acceptors (Lipinski definition) is 4. The molecule has 222 valence electrons. The van der Waals surface area contributed by atoms with Crippen molar-refractivity contribution in [2.24, 2.45) is 5.92 Å². The number of fused-ring (bicyclic) bond motifs is 1. The zero-order valence-corrected chi connectivity index (χ0v) is 25.8. The lowest BCUT2D eigenvalue weighted by atomic mass is 10.0. The van der Waals surface area contributed by atoms with Crippen molar-refractivity contribution in [3.8, 4) is 5.75 Å². The lowest BCUT2D eigenvalue weighted by Gasteiger charge is -2.11. The molecule has 2 aromatic heterocycles. The van der Waals surface area contributed by atoms with Gasteiger partial charge in [0.15, 0.2) is 11.6 Å². The molecule has 42 heavy (non-hydrogen) atoms. The van der Waals surface area contributed by atoms with E-state index in [9.17, 15) is 8.78 Å². The predicted octanol–water partition coefficient (Wildman–Crippen LogP) is 8.82. The minimum absolute atomic E-state index is 0.510. The molecule has 0 amide bonds. The van der Waals surface area contributed by atoms with Crippen LogP contribution in [-0.4, -0.2) is 26.5 Å². The largest absolute Gasteiger partial charge is 0.493 e. The van der Waals surface area contributed by atoms with Gasteiger partial charge < -0.3 is 9.72 Å². The maximum absolute atomic E-state index is 13.1. The Bertz CT molecular complexity index is 1560. The molecule has 3 aromatic carbocycles. The zero-order valence-electron chi connectivity index (χ0n) is 25.8. The summed E-state index contributed by atoms with van der Waals surface area (Å²) in [4.78, 5) is 15.7. The number of halogens is 2. The number of aromatic amines is 1. The highest BCUT2D eigenvalue weighted by atomic mass is 19.2. The summed E-state index contributed by atoms with van der Waals surface area (Å²) in [5.74, 6) is 1.09. The second-order valence-electron chi connectivity index (χ2n) is 10.8. The van der Waals surface area contributed by atoms with E-state index in [0.717, 1.165) is 65.1 Å². The van der Waals surface area contributed by atoms with Gasteiger partial charge in [-0.2, -0.15) is 0 Å². The molecule has 2 heterocycles. The second kappa shape index (κ2) is 15.8. The van der Waals surface area contributed by atoms with Gasteiger partial charge in [0, 0.05) is 17.8 Å². The number of para-hydroxylation sites is 1. The van der Waals surface area contributed by atoms with E-state index in [-0.39, 0.29) is 0 Å². The number of H-pyrrole nitrogens is 1. The van der Waals surface area contributed by atoms with Crippen molar-refractivity contribution in [3.63, 3.8) is 0 Å². The zero-order chi connectivity index (χ0) is 30.6. The third kappa shape index (κ3) is 9.75. The van der Waals surface area contributed by atoms with Crippen LogP contribution in [0.25, 0.3) is 11.0 Å². The number of ether oxygens (including phenoxy) is 1. The summed E-state index contributed by atoms with van der Waals surface area (Å²) in [5, 5.41) is 0. The highest BCUT2D eigenvalue weighted by Crippen LogP contribution is 2.19. The number of imidazole rings is 1. The van der Waals surface area contributed by atoms with Crippen molar-refractivity contribution >= 4 is 11.0 Å². The molecule has 0 bridgehead atoms. The molecule has 0 fully saturated rings. The topological polar surface area (TPSA) is 63.7 Å². The molecule has 0 aliphatic rings. The Labute approximate surface area is 248 Å². The maximum atomic E-state index is 13.1. The van der Waals surface area contributed by atoms with E-state index in [2.05, 4.69) is 78.0 Å². The first kappa shape index (κ1) is 32.4. The lowest BCUT2D eigenvalue weighted by molar-refractivity contribution is 0.287. The van der Waals surface area contributed by atoms with Gasteiger partial charge in [-0.1, -0.05) is 51.1 Å². The van der Waals surface area contributed by atoms with E-state index < -0.39 is 11.6 Å². The maximum Gasteiger partial charge on any atom is 0.159 e. The summed E-state index contributed by atoms with van der Waals surface area (Å²) in [6.07, 6.45) is 4.17. The van der Waals surface area contributed by atoms with Crippen molar-refractivity contribution in [3.05, 3.63) is 118 Å². The van der Waals surface area contributed by atoms with Gasteiger partial charge in [0.05, 0.1) is 17.6 Å². The molecule has 0 unspecified atom stereocenters. The van der Waals surface area contributed by atoms with Crippen LogP contribution in [0.5, 0.6) is 5.75 Å². The fourth-order valence-electron chi connectivity index (χ4n) is 4.32. The van der Waals surface area contributed by atoms with E-state index in [1.54, 1.807) is 6.07 Å². The molecule has 5 aromatic rings. The Hall–Kier alpha value is -4.13. The Morgan fingerprint density at radius 1 is 0.857 bits per heavy atom. The molecule has 0 aliphatic heterocycles. The molecule has 5 rings (SSSR count). The molecule has 0 radical (unpaired) electrons. The predicted molar refractivity (Wildman–Crippen MR) is 167 cm³/mol. The highest BCUT2D eigenvalue weighted by molar-refractivity contribution is 5.75. The van der Waals surface area contributed by atoms with Crippen molar-refractivity contribution in [1.29, 1.82) is 0 Å². The molecule has 0 aliphatic carbocycles. The number of nitrogens with zero attached hydrogens (tertiary/aromatic N) is 3. The van der Waals surface area contributed by atoms with Gasteiger partial charge >= 0.3 is 0 Å². The number of rotatable bonds is 7. The molecule has 0 atom stereocenters. The third-order valence-electron chi connectivity index (χ3n) is 6.80. The summed E-state index contributed by atoms with van der Waals surface area (Å²) < 4.78 is 31.6. The van der Waals surface area contributed by atoms with Gasteiger partial charge in [-0.15, -0.1) is 0 Å². The summed E-state index contributed by atoms with van der Waals surface area (Å²) in [6.45, 7) is 15.2. The SMILES string of the molecule is CCc1ccccc1OCCC(C)C.Cc1ccc2nc(C)[nH]c2c1.Cc1ncnc(C)c1Cc1ccc(F)c(F)c1. The smallest absolute Gasteiger partial charge is 0.159 e. The van der Waals surface area contributed by atoms with Crippen LogP contribution in [0.3, 0.4) is 0 Å². The minimum atomic E-state index is -0.827. The number of aromatic nitrogens is 4. The summed E-state index contributed by atoms with van der Waals surface area (Å²) in [6, 6.07) is 18.4. The highest BCUT2D eigenvalue weighted by Gasteiger charge is 2.08. The quantitative estimate of drug-likeness (QED) is 0.212. The standard InChI is InChI=1S/C13H12F2N2.C13H20O.C9H10N2/c1-8-11(9(2)17-7-16-8)5-10-3-4-12(14)13(15)6-10;1-4-12-7-5-6-8-13(12)14-10-9-11(2)3;1-6-3-4-8-9(5-6)11-7(2)10-8/h3-4,6-7H,5H2,1-2H3;5-8,11H,4,9-10H2,1-3H3;3-5H,1-2H3,(H,10,11). The van der Waals surface area contributed by atoms with Crippen LogP contribution >= 0.6 is 0 Å². The van der Waals surface area contributed by atoms with Crippen LogP contribution in [0.15, 0.2) is 67.0 Å². The Kier molecular flexibility index (Phi) is 12.1. The average molecular weight is 573 g/mol. The Morgan fingerprint density at radius 2 is 1.57 bits per heavy atom. The van der Waals surface area contributed by atoms with Gasteiger partial charge in [-0.3, -0.25) is 0 Å². The number of aryl methyl sites for hydroxylation is 5. The summed E-state index contributed by atoms with van der Waals surface area (Å²) in [7, 11) is 0. The summed E-state index contributed by atoms with van der Waals surface area (Å²) in [5.41, 5.74) is 8.14. The van der Waals surface area contributed by atoms with Crippen molar-refractivity contribution in [2.75, 3.05) is 6.61 Å². The first-order valence-corrected chi connectivity index (χ1v) is 14.4. The number of nitrogens with one attached hydrogen (secondary N) is 1. The van der Waals surface area contributed by atoms with E-state index in [1.165, 1.54) is 23.5 Å². The Balaban J connectivity index is 0.000000177. The van der Waals surface area contributed by atoms with Crippen LogP contribution in [-0.2, 0) is 12.8 Å². The van der Waals surface area contributed by atoms with Crippen LogP contribution in [0.4, 0.5) is 8.78 Å². The van der Waals surface area contributed by atoms with Gasteiger partial charge in [-0.05, 0) is 99.0 Å². The third-order valence-corrected chi connectivity index (χ3v) is 6.80. The minimum Gasteiger partial charge on any atom is -0.493 e. The number of benzene rings is 3. The van der Waals surface area contributed by atoms with Gasteiger partial charge in [0.2, 0.25) is 0 Å². The Morgan fingerprint density at radius 3 is 2.24 bits per heavy atom. The molecule has 1 N–H and O–H groups in total. The van der Waals surface area contributed by atoms with Crippen molar-refractivity contribution < 1.29 is 13.5 Å². The van der Waals surface area contributed by atoms with Crippen molar-refractivity contribution in [2.45, 2.75) is 67.7 Å². The van der Waals surface area contributed by atoms with E-state index in [0.29, 0.717) is 17.9 Å². The van der Waals surface area contributed by atoms with E-state index >= 15 is 0 Å². The lowest BCUT2D eigenvalue weighted by Crippen LogP contribution is -2.02. The fourth-order valence-corrected chi connectivity index (χ4v) is 4.32. The molecular weight excluding hydrogens is 530 g/mol. The summed E-state index contributed by atoms with van der Waals surface area (Å²) >= 11 is 0. The van der Waals surface area contributed by atoms with Crippen LogP contribution < -0.4 is 4.74 Å². The van der Waals surface area contributed by atoms with Gasteiger partial charge in [0.25, 0.3) is 0 Å². The monoisotopic (exact) mass is 572 g/mol. The molecule has 0 saturated carbocycles. The van der Waals surface area contributed by atoms with Gasteiger partial charge in [-0.25, -0.2) is 23.7 Å². The molecule has 7 heteroatoms. The number of hydrogen-bond donors (Lipinski definition) is 1. The second-order valence-corrected chi connectivity index (χ2v) is 10.8. The first-order chi connectivity index (χ1) is 20.1. The van der Waals surface area contributed by atoms with Gasteiger partial charge in [0.1, 0.15) is 17.9 Å². The van der Waals surface area contributed by atoms with Crippen LogP contribution in [0.2, 0.25) is 0 Å².